The van der Waals surface area contributed by atoms with Crippen LogP contribution in [0, 0.1) is 0 Å². The summed E-state index contributed by atoms with van der Waals surface area (Å²) in [5.74, 6) is 0.526. The molecular weight excluding hydrogens is 656 g/mol. The molecule has 0 radical (unpaired) electrons. The van der Waals surface area contributed by atoms with Gasteiger partial charge in [0.25, 0.3) is 0 Å². The highest BCUT2D eigenvalue weighted by molar-refractivity contribution is 9.10. The van der Waals surface area contributed by atoms with E-state index in [1.165, 1.54) is 0 Å². The van der Waals surface area contributed by atoms with E-state index in [2.05, 4.69) is 15.9 Å². The molecule has 0 aliphatic rings. The molecule has 0 saturated carbocycles. The molecule has 0 spiro atoms. The number of carbonyl (C=O) groups excluding carboxylic acids is 2. The van der Waals surface area contributed by atoms with Gasteiger partial charge in [0.2, 0.25) is 0 Å². The van der Waals surface area contributed by atoms with Gasteiger partial charge in [-0.2, -0.15) is 0 Å². The summed E-state index contributed by atoms with van der Waals surface area (Å²) in [4.78, 5) is 25.6. The van der Waals surface area contributed by atoms with Crippen LogP contribution in [0.2, 0.25) is 0 Å². The summed E-state index contributed by atoms with van der Waals surface area (Å²) in [5, 5.41) is 7.46. The fourth-order valence-corrected chi connectivity index (χ4v) is 6.10. The lowest BCUT2D eigenvalue weighted by atomic mass is 10.0. The molecule has 6 nitrogen and oxygen atoms in total. The molecule has 0 aromatic heterocycles. The zero-order chi connectivity index (χ0) is 32.2. The molecule has 0 atom stereocenters. The maximum Gasteiger partial charge on any atom is 0.338 e. The Kier molecular flexibility index (Phi) is 8.71. The van der Waals surface area contributed by atoms with Gasteiger partial charge in [-0.1, -0.05) is 101 Å². The first-order valence-corrected chi connectivity index (χ1v) is 16.1. The Morgan fingerprint density at radius 2 is 0.894 bits per heavy atom. The molecule has 0 saturated heterocycles. The highest BCUT2D eigenvalue weighted by Gasteiger charge is 2.18. The van der Waals surface area contributed by atoms with Crippen molar-refractivity contribution < 1.29 is 28.5 Å². The van der Waals surface area contributed by atoms with Crippen molar-refractivity contribution in [3.05, 3.63) is 143 Å². The van der Waals surface area contributed by atoms with Crippen LogP contribution in [0.4, 0.5) is 0 Å². The summed E-state index contributed by atoms with van der Waals surface area (Å²) in [6, 6.07) is 40.5. The maximum atomic E-state index is 12.8. The zero-order valence-electron chi connectivity index (χ0n) is 25.3. The predicted molar refractivity (Wildman–Crippen MR) is 189 cm³/mol. The van der Waals surface area contributed by atoms with Crippen molar-refractivity contribution in [3.8, 4) is 11.5 Å². The minimum Gasteiger partial charge on any atom is -0.489 e. The minimum atomic E-state index is -0.401. The number of halogens is 1. The van der Waals surface area contributed by atoms with Gasteiger partial charge in [0, 0.05) is 26.0 Å². The quantitative estimate of drug-likeness (QED) is 0.0812. The molecule has 0 unspecified atom stereocenters. The fraction of sp³-hybridized carbons (Fsp3) is 0.100. The Balaban J connectivity index is 1.05. The van der Waals surface area contributed by atoms with Gasteiger partial charge in [0.05, 0.1) is 11.1 Å². The Morgan fingerprint density at radius 3 is 1.43 bits per heavy atom. The van der Waals surface area contributed by atoms with Crippen molar-refractivity contribution in [1.29, 1.82) is 0 Å². The third-order valence-corrected chi connectivity index (χ3v) is 8.48. The van der Waals surface area contributed by atoms with Crippen LogP contribution in [-0.2, 0) is 9.47 Å². The van der Waals surface area contributed by atoms with Crippen molar-refractivity contribution in [3.63, 3.8) is 0 Å². The van der Waals surface area contributed by atoms with Gasteiger partial charge < -0.3 is 18.9 Å². The van der Waals surface area contributed by atoms with Crippen molar-refractivity contribution in [2.45, 2.75) is 0 Å². The van der Waals surface area contributed by atoms with E-state index in [9.17, 15) is 9.59 Å². The second-order valence-electron chi connectivity index (χ2n) is 11.0. The smallest absolute Gasteiger partial charge is 0.338 e. The highest BCUT2D eigenvalue weighted by Crippen LogP contribution is 2.43. The van der Waals surface area contributed by atoms with E-state index >= 15 is 0 Å². The van der Waals surface area contributed by atoms with Gasteiger partial charge in [0.15, 0.2) is 0 Å². The Labute approximate surface area is 279 Å². The zero-order valence-corrected chi connectivity index (χ0v) is 26.9. The highest BCUT2D eigenvalue weighted by atomic mass is 79.9. The SMILES string of the molecule is O=C(OCCOc1c2ccccc2c(OCCOC(=O)c2ccc3ccccc3c2)c2cc(Br)ccc12)c1ccc2ccccc2c1. The summed E-state index contributed by atoms with van der Waals surface area (Å²) >= 11 is 3.59. The van der Waals surface area contributed by atoms with Crippen LogP contribution in [0.25, 0.3) is 43.1 Å². The van der Waals surface area contributed by atoms with Crippen molar-refractivity contribution >= 4 is 71.0 Å². The second kappa shape index (κ2) is 13.5. The van der Waals surface area contributed by atoms with Crippen LogP contribution < -0.4 is 9.47 Å². The maximum absolute atomic E-state index is 12.8. The van der Waals surface area contributed by atoms with E-state index in [0.717, 1.165) is 47.6 Å². The number of carbonyl (C=O) groups is 2. The molecule has 0 aliphatic carbocycles. The first kappa shape index (κ1) is 30.3. The Morgan fingerprint density at radius 1 is 0.447 bits per heavy atom. The van der Waals surface area contributed by atoms with Gasteiger partial charge in [-0.15, -0.1) is 0 Å². The van der Waals surface area contributed by atoms with Gasteiger partial charge in [-0.05, 0) is 64.0 Å². The number of hydrogen-bond acceptors (Lipinski definition) is 6. The average molecular weight is 686 g/mol. The van der Waals surface area contributed by atoms with Crippen molar-refractivity contribution in [2.24, 2.45) is 0 Å². The monoisotopic (exact) mass is 684 g/mol. The molecule has 7 aromatic carbocycles. The molecule has 7 rings (SSSR count). The van der Waals surface area contributed by atoms with Gasteiger partial charge in [-0.25, -0.2) is 9.59 Å². The molecule has 7 aromatic rings. The molecule has 0 aliphatic heterocycles. The largest absolute Gasteiger partial charge is 0.489 e. The number of rotatable bonds is 10. The van der Waals surface area contributed by atoms with Crippen molar-refractivity contribution in [1.82, 2.24) is 0 Å². The fourth-order valence-electron chi connectivity index (χ4n) is 5.74. The Hall–Kier alpha value is -5.40. The van der Waals surface area contributed by atoms with E-state index in [1.54, 1.807) is 12.1 Å². The number of esters is 2. The van der Waals surface area contributed by atoms with Crippen LogP contribution >= 0.6 is 15.9 Å². The molecule has 0 N–H and O–H groups in total. The molecule has 7 heteroatoms. The predicted octanol–water partition coefficient (Wildman–Crippen LogP) is 9.53. The van der Waals surface area contributed by atoms with Crippen LogP contribution in [-0.4, -0.2) is 38.4 Å². The standard InChI is InChI=1S/C40H29BrO6/c41-32-17-18-35-36(25-32)38(45-20-22-47-40(43)31-16-14-27-8-2-4-10-29(27)24-31)34-12-6-5-11-33(34)37(35)44-19-21-46-39(42)30-15-13-26-7-1-3-9-28(26)23-30/h1-18,23-25H,19-22H2. The summed E-state index contributed by atoms with van der Waals surface area (Å²) in [6.07, 6.45) is 0. The number of ether oxygens (including phenoxy) is 4. The first-order valence-electron chi connectivity index (χ1n) is 15.3. The van der Waals surface area contributed by atoms with E-state index in [-0.39, 0.29) is 26.4 Å². The minimum absolute atomic E-state index is 0.0797. The summed E-state index contributed by atoms with van der Waals surface area (Å²) in [6.45, 7) is 0.490. The topological polar surface area (TPSA) is 71.1 Å². The summed E-state index contributed by atoms with van der Waals surface area (Å²) in [7, 11) is 0. The van der Waals surface area contributed by atoms with E-state index in [4.69, 9.17) is 18.9 Å². The van der Waals surface area contributed by atoms with Crippen LogP contribution in [0.5, 0.6) is 11.5 Å². The van der Waals surface area contributed by atoms with E-state index < -0.39 is 11.9 Å². The van der Waals surface area contributed by atoms with Crippen LogP contribution in [0.1, 0.15) is 20.7 Å². The first-order chi connectivity index (χ1) is 23.0. The van der Waals surface area contributed by atoms with Crippen molar-refractivity contribution in [2.75, 3.05) is 26.4 Å². The van der Waals surface area contributed by atoms with E-state index in [1.807, 2.05) is 115 Å². The normalized spacial score (nSPS) is 11.2. The number of benzene rings is 7. The molecule has 0 heterocycles. The van der Waals surface area contributed by atoms with Gasteiger partial charge in [-0.3, -0.25) is 0 Å². The van der Waals surface area contributed by atoms with Crippen LogP contribution in [0.15, 0.2) is 132 Å². The van der Waals surface area contributed by atoms with E-state index in [0.29, 0.717) is 22.6 Å². The molecule has 0 amide bonds. The molecule has 232 valence electrons. The second-order valence-corrected chi connectivity index (χ2v) is 11.9. The summed E-state index contributed by atoms with van der Waals surface area (Å²) in [5.41, 5.74) is 0.988. The molecular formula is C40H29BrO6. The Bertz CT molecular complexity index is 2280. The van der Waals surface area contributed by atoms with Gasteiger partial charge in [0.1, 0.15) is 37.9 Å². The number of hydrogen-bond donors (Lipinski definition) is 0. The molecule has 0 bridgehead atoms. The average Bonchev–Trinajstić information content (AvgIpc) is 3.11. The third-order valence-electron chi connectivity index (χ3n) is 7.98. The van der Waals surface area contributed by atoms with Gasteiger partial charge >= 0.3 is 11.9 Å². The third kappa shape index (κ3) is 6.48. The lowest BCUT2D eigenvalue weighted by Crippen LogP contribution is -2.13. The number of fused-ring (bicyclic) bond motifs is 4. The lowest BCUT2D eigenvalue weighted by Gasteiger charge is -2.18. The lowest BCUT2D eigenvalue weighted by molar-refractivity contribution is 0.0443. The van der Waals surface area contributed by atoms with Crippen LogP contribution in [0.3, 0.4) is 0 Å². The molecule has 47 heavy (non-hydrogen) atoms. The molecule has 0 fully saturated rings. The summed E-state index contributed by atoms with van der Waals surface area (Å²) < 4.78 is 24.6.